The Morgan fingerprint density at radius 1 is 0.930 bits per heavy atom. The van der Waals surface area contributed by atoms with E-state index in [1.54, 1.807) is 26.4 Å². The lowest BCUT2D eigenvalue weighted by molar-refractivity contribution is -0.998. The van der Waals surface area contributed by atoms with Gasteiger partial charge in [0.15, 0.2) is 23.4 Å². The molecular weight excluding hydrogens is 581 g/mol. The molecule has 4 N–H and O–H groups in total. The molecule has 3 unspecified atom stereocenters. The van der Waals surface area contributed by atoms with E-state index in [4.69, 9.17) is 49.1 Å². The molecule has 2 aromatic rings. The minimum Gasteiger partial charge on any atom is -0.539 e. The summed E-state index contributed by atoms with van der Waals surface area (Å²) in [6.07, 6.45) is -1.14. The molecule has 2 aliphatic heterocycles. The number of carbonyl (C=O) groups excluding carboxylic acids is 2. The molecule has 1 saturated heterocycles. The maximum Gasteiger partial charge on any atom is 0.416 e. The Bertz CT molecular complexity index is 1250. The van der Waals surface area contributed by atoms with E-state index in [1.165, 1.54) is 33.1 Å². The number of aliphatic carboxylic acids is 4. The number of hydrogen-bond donors (Lipinski definition) is 4. The second-order valence-electron chi connectivity index (χ2n) is 9.87. The number of alkyl halides is 3. The first-order chi connectivity index (χ1) is 20.2. The molecule has 0 spiro atoms. The van der Waals surface area contributed by atoms with Crippen molar-refractivity contribution < 1.29 is 72.0 Å². The fraction of sp³-hybridized carbons (Fsp3) is 0.429. The average molecular weight is 615 g/mol. The zero-order valence-corrected chi connectivity index (χ0v) is 23.5. The summed E-state index contributed by atoms with van der Waals surface area (Å²) in [5.41, 5.74) is 2.50. The van der Waals surface area contributed by atoms with Crippen LogP contribution in [0.15, 0.2) is 36.4 Å². The van der Waals surface area contributed by atoms with Crippen molar-refractivity contribution in [2.75, 3.05) is 33.9 Å². The largest absolute Gasteiger partial charge is 0.539 e. The number of hydrogen-bond acceptors (Lipinski definition) is 8. The summed E-state index contributed by atoms with van der Waals surface area (Å²) in [5, 5.41) is 32.6. The van der Waals surface area contributed by atoms with E-state index < -0.39 is 35.6 Å². The number of rotatable bonds is 5. The molecule has 0 bridgehead atoms. The maximum atomic E-state index is 13.4. The van der Waals surface area contributed by atoms with Crippen molar-refractivity contribution >= 4 is 23.9 Å². The van der Waals surface area contributed by atoms with Gasteiger partial charge in [0.25, 0.3) is 0 Å². The van der Waals surface area contributed by atoms with Gasteiger partial charge in [-0.25, -0.2) is 9.59 Å². The molecule has 0 radical (unpaired) electrons. The van der Waals surface area contributed by atoms with Crippen LogP contribution < -0.4 is 29.5 Å². The maximum absolute atomic E-state index is 13.4. The minimum absolute atomic E-state index is 0.404. The highest BCUT2D eigenvalue weighted by atomic mass is 19.4. The van der Waals surface area contributed by atoms with Crippen molar-refractivity contribution in [3.8, 4) is 11.5 Å². The van der Waals surface area contributed by atoms with E-state index in [-0.39, 0.29) is 0 Å². The van der Waals surface area contributed by atoms with Gasteiger partial charge in [0, 0.05) is 30.4 Å². The molecule has 0 aromatic heterocycles. The van der Waals surface area contributed by atoms with E-state index in [0.29, 0.717) is 18.2 Å². The van der Waals surface area contributed by atoms with Gasteiger partial charge in [0.05, 0.1) is 32.9 Å². The molecule has 1 fully saturated rings. The lowest BCUT2D eigenvalue weighted by Gasteiger charge is -2.37. The smallest absolute Gasteiger partial charge is 0.416 e. The van der Waals surface area contributed by atoms with Gasteiger partial charge in [0.2, 0.25) is 0 Å². The first-order valence-corrected chi connectivity index (χ1v) is 13.1. The molecule has 2 aromatic carbocycles. The highest BCUT2D eigenvalue weighted by molar-refractivity contribution is 6.26. The van der Waals surface area contributed by atoms with Crippen molar-refractivity contribution in [3.05, 3.63) is 58.7 Å². The Morgan fingerprint density at radius 2 is 1.47 bits per heavy atom. The molecule has 0 amide bonds. The molecule has 15 heteroatoms. The molecule has 43 heavy (non-hydrogen) atoms. The second-order valence-corrected chi connectivity index (χ2v) is 9.87. The Kier molecular flexibility index (Phi) is 12.8. The summed E-state index contributed by atoms with van der Waals surface area (Å²) in [5.74, 6) is -6.50. The van der Waals surface area contributed by atoms with Gasteiger partial charge in [-0.1, -0.05) is 18.2 Å². The van der Waals surface area contributed by atoms with Crippen molar-refractivity contribution in [2.24, 2.45) is 0 Å². The highest BCUT2D eigenvalue weighted by Gasteiger charge is 2.37. The van der Waals surface area contributed by atoms with E-state index in [2.05, 4.69) is 12.1 Å². The number of quaternary nitrogens is 2. The van der Waals surface area contributed by atoms with Gasteiger partial charge in [-0.3, -0.25) is 0 Å². The van der Waals surface area contributed by atoms with Crippen LogP contribution >= 0.6 is 0 Å². The lowest BCUT2D eigenvalue weighted by atomic mass is 9.95. The van der Waals surface area contributed by atoms with Crippen LogP contribution in [-0.2, 0) is 44.9 Å². The van der Waals surface area contributed by atoms with Crippen molar-refractivity contribution in [1.82, 2.24) is 0 Å². The number of methoxy groups -OCH3 is 2. The fourth-order valence-corrected chi connectivity index (χ4v) is 5.22. The third-order valence-corrected chi connectivity index (χ3v) is 7.15. The van der Waals surface area contributed by atoms with Crippen LogP contribution in [0.4, 0.5) is 13.2 Å². The van der Waals surface area contributed by atoms with Crippen LogP contribution in [-0.4, -0.2) is 74.0 Å². The predicted molar refractivity (Wildman–Crippen MR) is 137 cm³/mol. The monoisotopic (exact) mass is 614 g/mol. The molecule has 0 saturated carbocycles. The van der Waals surface area contributed by atoms with Crippen molar-refractivity contribution in [1.29, 1.82) is 0 Å². The van der Waals surface area contributed by atoms with Gasteiger partial charge in [-0.2, -0.15) is 13.2 Å². The summed E-state index contributed by atoms with van der Waals surface area (Å²) >= 11 is 0. The number of fused-ring (bicyclic) bond motifs is 1. The van der Waals surface area contributed by atoms with Crippen LogP contribution in [0.5, 0.6) is 11.5 Å². The van der Waals surface area contributed by atoms with Crippen LogP contribution in [0.25, 0.3) is 0 Å². The normalized spacial score (nSPS) is 19.2. The first kappa shape index (κ1) is 34.8. The van der Waals surface area contributed by atoms with E-state index >= 15 is 0 Å². The SMILES string of the molecule is COc1cc2c(cc1OC)C[NH+](C1CCC[NH+](Cc3ccccc3C(F)(F)F)C1)CC2.O=C([O-])C(=O)O.O=C([O-])C(=O)O. The summed E-state index contributed by atoms with van der Waals surface area (Å²) in [4.78, 5) is 38.8. The second kappa shape index (κ2) is 15.7. The molecular formula is C28H33F3N2O10. The number of carboxylic acids is 4. The number of ether oxygens (including phenoxy) is 2. The quantitative estimate of drug-likeness (QED) is 0.264. The molecule has 0 aliphatic carbocycles. The number of halogens is 3. The molecule has 2 aliphatic rings. The minimum atomic E-state index is -4.30. The zero-order chi connectivity index (χ0) is 32.3. The third kappa shape index (κ3) is 10.4. The topological polar surface area (TPSA) is 182 Å². The van der Waals surface area contributed by atoms with Crippen molar-refractivity contribution in [3.63, 3.8) is 0 Å². The van der Waals surface area contributed by atoms with Crippen LogP contribution in [0.1, 0.15) is 35.1 Å². The van der Waals surface area contributed by atoms with Gasteiger partial charge in [-0.15, -0.1) is 0 Å². The van der Waals surface area contributed by atoms with Crippen molar-refractivity contribution in [2.45, 2.75) is 44.6 Å². The number of nitrogens with one attached hydrogen (secondary N) is 2. The molecule has 4 rings (SSSR count). The molecule has 12 nitrogen and oxygen atoms in total. The zero-order valence-electron chi connectivity index (χ0n) is 23.5. The van der Waals surface area contributed by atoms with Gasteiger partial charge < -0.3 is 49.3 Å². The highest BCUT2D eigenvalue weighted by Crippen LogP contribution is 2.32. The van der Waals surface area contributed by atoms with E-state index in [0.717, 1.165) is 56.9 Å². The Hall–Kier alpha value is -4.37. The van der Waals surface area contributed by atoms with Crippen LogP contribution in [0.2, 0.25) is 0 Å². The van der Waals surface area contributed by atoms with Gasteiger partial charge in [0.1, 0.15) is 25.7 Å². The number of carbonyl (C=O) groups is 4. The number of carboxylic acid groups (broad SMARTS) is 4. The Balaban J connectivity index is 0.000000455. The van der Waals surface area contributed by atoms with Crippen LogP contribution in [0.3, 0.4) is 0 Å². The standard InChI is InChI=1S/C24H29F3N2O2.2C2H2O4/c1-30-22-12-17-9-11-29(15-19(17)13-23(22)31-2)20-7-5-10-28(16-20)14-18-6-3-4-8-21(18)24(25,26)27;2*3-1(4)2(5)6/h3-4,6,8,12-13,20H,5,7,9-11,14-16H2,1-2H3;2*(H,3,4)(H,5,6). The summed E-state index contributed by atoms with van der Waals surface area (Å²) < 4.78 is 51.1. The van der Waals surface area contributed by atoms with Crippen LogP contribution in [0, 0.1) is 0 Å². The van der Waals surface area contributed by atoms with E-state index in [1.807, 2.05) is 0 Å². The average Bonchev–Trinajstić information content (AvgIpc) is 2.96. The van der Waals surface area contributed by atoms with Gasteiger partial charge >= 0.3 is 18.1 Å². The predicted octanol–water partition coefficient (Wildman–Crippen LogP) is -2.45. The number of benzene rings is 2. The molecule has 236 valence electrons. The Labute approximate surface area is 244 Å². The molecule has 2 heterocycles. The summed E-state index contributed by atoms with van der Waals surface area (Å²) in [6, 6.07) is 10.6. The van der Waals surface area contributed by atoms with E-state index in [9.17, 15) is 13.2 Å². The summed E-state index contributed by atoms with van der Waals surface area (Å²) in [7, 11) is 3.31. The Morgan fingerprint density at radius 3 is 1.98 bits per heavy atom. The number of likely N-dealkylation sites (tertiary alicyclic amines) is 1. The fourth-order valence-electron chi connectivity index (χ4n) is 5.22. The third-order valence-electron chi connectivity index (χ3n) is 7.15. The number of piperidine rings is 1. The summed E-state index contributed by atoms with van der Waals surface area (Å²) in [6.45, 7) is 4.23. The molecule has 3 atom stereocenters. The lowest BCUT2D eigenvalue weighted by Crippen LogP contribution is -3.24. The first-order valence-electron chi connectivity index (χ1n) is 13.1. The van der Waals surface area contributed by atoms with Gasteiger partial charge in [-0.05, 0) is 23.8 Å².